The van der Waals surface area contributed by atoms with E-state index in [4.69, 9.17) is 10.5 Å². The monoisotopic (exact) mass is 639 g/mol. The molecule has 0 unspecified atom stereocenters. The Balaban J connectivity index is 1.31. The van der Waals surface area contributed by atoms with Gasteiger partial charge in [0.1, 0.15) is 17.7 Å². The highest BCUT2D eigenvalue weighted by Gasteiger charge is 2.46. The number of nitrogens with zero attached hydrogens (tertiary/aromatic N) is 5. The third-order valence-corrected chi connectivity index (χ3v) is 8.82. The summed E-state index contributed by atoms with van der Waals surface area (Å²) >= 11 is 0. The van der Waals surface area contributed by atoms with Crippen molar-refractivity contribution in [1.82, 2.24) is 25.1 Å². The molecule has 2 atom stereocenters. The minimum absolute atomic E-state index is 0.128. The number of nitrogen functional groups attached to an aromatic ring is 1. The van der Waals surface area contributed by atoms with Crippen molar-refractivity contribution in [3.8, 4) is 22.7 Å². The van der Waals surface area contributed by atoms with Crippen LogP contribution in [0.2, 0.25) is 0 Å². The highest BCUT2D eigenvalue weighted by atomic mass is 19.4. The zero-order valence-electron chi connectivity index (χ0n) is 25.2. The maximum Gasteiger partial charge on any atom is 0.429 e. The number of ether oxygens (including phenoxy) is 1. The second-order valence-corrected chi connectivity index (χ2v) is 12.1. The number of carboxylic acid groups (broad SMARTS) is 1. The number of anilines is 2. The summed E-state index contributed by atoms with van der Waals surface area (Å²) in [5.74, 6) is -1.53. The lowest BCUT2D eigenvalue weighted by molar-refractivity contribution is -0.198. The molecule has 2 aliphatic heterocycles. The number of halogens is 4. The standard InChI is InChI=1S/C32H33F4N7O3/c1-18-13-20(4-6-23(18)33)21-3-5-22(25(14-21)43-10-7-19(2)41-43)28(32(34,35)36)46-27-15-26(39-30(37)40-27)42-11-8-31(9-12-42)16-24(29(44)45)38-17-31/h3-7,10,13-15,24,28,38H,8-9,11-12,16-17H2,1-2H3,(H,44,45)(H2,37,39,40)/t24-,28+/m0/s1. The summed E-state index contributed by atoms with van der Waals surface area (Å²) in [6, 6.07) is 11.3. The molecule has 6 rings (SSSR count). The van der Waals surface area contributed by atoms with E-state index < -0.39 is 24.3 Å². The first kappa shape index (κ1) is 31.3. The van der Waals surface area contributed by atoms with Gasteiger partial charge in [0.2, 0.25) is 17.9 Å². The van der Waals surface area contributed by atoms with Gasteiger partial charge in [-0.3, -0.25) is 4.79 Å². The van der Waals surface area contributed by atoms with Crippen molar-refractivity contribution < 1.29 is 32.2 Å². The first-order chi connectivity index (χ1) is 21.8. The molecule has 0 radical (unpaired) electrons. The molecule has 10 nitrogen and oxygen atoms in total. The molecule has 0 aliphatic carbocycles. The number of aliphatic carboxylic acids is 1. The smallest absolute Gasteiger partial charge is 0.429 e. The maximum absolute atomic E-state index is 14.8. The molecule has 4 N–H and O–H groups in total. The van der Waals surface area contributed by atoms with Crippen LogP contribution in [0.4, 0.5) is 29.3 Å². The fraction of sp³-hybridized carbons (Fsp3) is 0.375. The molecule has 2 saturated heterocycles. The van der Waals surface area contributed by atoms with Crippen LogP contribution >= 0.6 is 0 Å². The average molecular weight is 640 g/mol. The molecular formula is C32H33F4N7O3. The Morgan fingerprint density at radius 3 is 2.43 bits per heavy atom. The number of aromatic nitrogens is 4. The summed E-state index contributed by atoms with van der Waals surface area (Å²) in [5.41, 5.74) is 7.91. The van der Waals surface area contributed by atoms with Crippen LogP contribution in [0.15, 0.2) is 54.7 Å². The molecule has 2 aromatic heterocycles. The van der Waals surface area contributed by atoms with E-state index in [1.165, 1.54) is 28.9 Å². The van der Waals surface area contributed by atoms with Crippen LogP contribution < -0.4 is 20.7 Å². The minimum Gasteiger partial charge on any atom is -0.480 e. The van der Waals surface area contributed by atoms with E-state index in [-0.39, 0.29) is 34.3 Å². The molecule has 0 saturated carbocycles. The Labute approximate surface area is 262 Å². The molecule has 46 heavy (non-hydrogen) atoms. The van der Waals surface area contributed by atoms with Gasteiger partial charge in [0.25, 0.3) is 0 Å². The summed E-state index contributed by atoms with van der Waals surface area (Å²) in [6.07, 6.45) is -3.87. The predicted molar refractivity (Wildman–Crippen MR) is 162 cm³/mol. The fourth-order valence-corrected chi connectivity index (χ4v) is 6.28. The van der Waals surface area contributed by atoms with Crippen LogP contribution in [-0.4, -0.2) is 62.7 Å². The SMILES string of the molecule is Cc1ccn(-c2cc(-c3ccc(F)c(C)c3)ccc2[C@@H](Oc2cc(N3CCC4(CC3)CN[C@H](C(=O)O)C4)nc(N)n2)C(F)(F)F)n1. The number of piperidine rings is 1. The normalized spacial score (nSPS) is 18.6. The molecule has 0 amide bonds. The molecule has 242 valence electrons. The van der Waals surface area contributed by atoms with Gasteiger partial charge in [-0.25, -0.2) is 9.07 Å². The van der Waals surface area contributed by atoms with Crippen molar-refractivity contribution >= 4 is 17.7 Å². The van der Waals surface area contributed by atoms with Crippen molar-refractivity contribution in [2.75, 3.05) is 30.3 Å². The number of carboxylic acids is 1. The van der Waals surface area contributed by atoms with E-state index in [0.717, 1.165) is 0 Å². The van der Waals surface area contributed by atoms with Gasteiger partial charge in [-0.1, -0.05) is 18.2 Å². The summed E-state index contributed by atoms with van der Waals surface area (Å²) in [5, 5.41) is 16.8. The maximum atomic E-state index is 14.8. The Hall–Kier alpha value is -4.72. The fourth-order valence-electron chi connectivity index (χ4n) is 6.28. The largest absolute Gasteiger partial charge is 0.480 e. The van der Waals surface area contributed by atoms with Gasteiger partial charge < -0.3 is 25.8 Å². The van der Waals surface area contributed by atoms with Crippen LogP contribution in [-0.2, 0) is 4.79 Å². The van der Waals surface area contributed by atoms with Crippen molar-refractivity contribution in [3.63, 3.8) is 0 Å². The van der Waals surface area contributed by atoms with E-state index in [0.29, 0.717) is 67.1 Å². The lowest BCUT2D eigenvalue weighted by Crippen LogP contribution is -2.41. The summed E-state index contributed by atoms with van der Waals surface area (Å²) in [6.45, 7) is 4.95. The number of benzene rings is 2. The predicted octanol–water partition coefficient (Wildman–Crippen LogP) is 5.38. The van der Waals surface area contributed by atoms with Gasteiger partial charge in [-0.2, -0.15) is 28.2 Å². The van der Waals surface area contributed by atoms with Gasteiger partial charge in [-0.05, 0) is 79.5 Å². The molecule has 2 aliphatic rings. The van der Waals surface area contributed by atoms with E-state index in [9.17, 15) is 27.5 Å². The Morgan fingerprint density at radius 2 is 1.80 bits per heavy atom. The third-order valence-electron chi connectivity index (χ3n) is 8.82. The highest BCUT2D eigenvalue weighted by molar-refractivity contribution is 5.74. The van der Waals surface area contributed by atoms with E-state index >= 15 is 0 Å². The summed E-state index contributed by atoms with van der Waals surface area (Å²) < 4.78 is 65.3. The molecular weight excluding hydrogens is 606 g/mol. The van der Waals surface area contributed by atoms with Crippen molar-refractivity contribution in [2.45, 2.75) is 51.4 Å². The number of hydrogen-bond acceptors (Lipinski definition) is 8. The van der Waals surface area contributed by atoms with Crippen molar-refractivity contribution in [1.29, 1.82) is 0 Å². The minimum atomic E-state index is -4.86. The first-order valence-electron chi connectivity index (χ1n) is 14.8. The lowest BCUT2D eigenvalue weighted by atomic mass is 9.76. The zero-order valence-corrected chi connectivity index (χ0v) is 25.2. The zero-order chi connectivity index (χ0) is 32.8. The average Bonchev–Trinajstić information content (AvgIpc) is 3.63. The number of hydrogen-bond donors (Lipinski definition) is 3. The van der Waals surface area contributed by atoms with Gasteiger partial charge in [0, 0.05) is 37.5 Å². The Kier molecular flexibility index (Phi) is 8.09. The van der Waals surface area contributed by atoms with Crippen LogP contribution in [0.25, 0.3) is 16.8 Å². The molecule has 0 bridgehead atoms. The number of carbonyl (C=O) groups is 1. The van der Waals surface area contributed by atoms with Gasteiger partial charge >= 0.3 is 12.1 Å². The van der Waals surface area contributed by atoms with Crippen LogP contribution in [0, 0.1) is 25.1 Å². The van der Waals surface area contributed by atoms with Crippen LogP contribution in [0.1, 0.15) is 42.2 Å². The van der Waals surface area contributed by atoms with Crippen molar-refractivity contribution in [2.24, 2.45) is 5.41 Å². The third kappa shape index (κ3) is 6.34. The molecule has 4 heterocycles. The molecule has 4 aromatic rings. The molecule has 14 heteroatoms. The van der Waals surface area contributed by atoms with E-state index in [1.54, 1.807) is 44.3 Å². The van der Waals surface area contributed by atoms with Crippen LogP contribution in [0.5, 0.6) is 5.88 Å². The lowest BCUT2D eigenvalue weighted by Gasteiger charge is -2.39. The Bertz CT molecular complexity index is 1770. The first-order valence-corrected chi connectivity index (χ1v) is 14.8. The Morgan fingerprint density at radius 1 is 1.09 bits per heavy atom. The number of rotatable bonds is 7. The second-order valence-electron chi connectivity index (χ2n) is 12.1. The molecule has 2 fully saturated rings. The molecule has 2 aromatic carbocycles. The van der Waals surface area contributed by atoms with Crippen molar-refractivity contribution in [3.05, 3.63) is 77.4 Å². The van der Waals surface area contributed by atoms with Gasteiger partial charge in [0.15, 0.2) is 0 Å². The van der Waals surface area contributed by atoms with E-state index in [2.05, 4.69) is 20.4 Å². The number of alkyl halides is 3. The highest BCUT2D eigenvalue weighted by Crippen LogP contribution is 2.43. The quantitative estimate of drug-likeness (QED) is 0.228. The van der Waals surface area contributed by atoms with Gasteiger partial charge in [-0.15, -0.1) is 0 Å². The van der Waals surface area contributed by atoms with Crippen LogP contribution in [0.3, 0.4) is 0 Å². The second kappa shape index (κ2) is 11.9. The molecule has 1 spiro atoms. The number of nitrogens with two attached hydrogens (primary N) is 1. The summed E-state index contributed by atoms with van der Waals surface area (Å²) in [4.78, 5) is 21.6. The topological polar surface area (TPSA) is 131 Å². The summed E-state index contributed by atoms with van der Waals surface area (Å²) in [7, 11) is 0. The van der Waals surface area contributed by atoms with E-state index in [1.807, 2.05) is 4.90 Å². The number of nitrogens with one attached hydrogen (secondary N) is 1. The van der Waals surface area contributed by atoms with Gasteiger partial charge in [0.05, 0.1) is 11.4 Å². The number of aryl methyl sites for hydroxylation is 2.